The molecule has 118 valence electrons. The van der Waals surface area contributed by atoms with E-state index in [1.807, 2.05) is 6.92 Å². The third kappa shape index (κ3) is 4.24. The molecule has 0 spiro atoms. The van der Waals surface area contributed by atoms with Gasteiger partial charge in [0.25, 0.3) is 0 Å². The molecule has 2 nitrogen and oxygen atoms in total. The summed E-state index contributed by atoms with van der Waals surface area (Å²) in [6, 6.07) is 4.86. The molecule has 1 aromatic carbocycles. The van der Waals surface area contributed by atoms with Gasteiger partial charge in [0.15, 0.2) is 11.6 Å². The van der Waals surface area contributed by atoms with Crippen LogP contribution in [0, 0.1) is 17.6 Å². The van der Waals surface area contributed by atoms with Crippen LogP contribution in [0.25, 0.3) is 0 Å². The highest BCUT2D eigenvalue weighted by molar-refractivity contribution is 5.22. The first-order chi connectivity index (χ1) is 10.0. The molecule has 2 atom stereocenters. The van der Waals surface area contributed by atoms with Gasteiger partial charge in [0.05, 0.1) is 0 Å². The number of benzene rings is 1. The second-order valence-electron chi connectivity index (χ2n) is 6.10. The van der Waals surface area contributed by atoms with Gasteiger partial charge in [-0.2, -0.15) is 0 Å². The molecule has 1 fully saturated rings. The van der Waals surface area contributed by atoms with E-state index in [4.69, 9.17) is 0 Å². The summed E-state index contributed by atoms with van der Waals surface area (Å²) in [7, 11) is 2.12. The summed E-state index contributed by atoms with van der Waals surface area (Å²) in [6.45, 7) is 5.86. The molecule has 0 aromatic heterocycles. The first kappa shape index (κ1) is 16.4. The zero-order chi connectivity index (χ0) is 15.4. The highest BCUT2D eigenvalue weighted by atomic mass is 19.2. The Hall–Kier alpha value is -1.00. The van der Waals surface area contributed by atoms with Gasteiger partial charge in [-0.15, -0.1) is 0 Å². The Morgan fingerprint density at radius 2 is 2.05 bits per heavy atom. The number of nitrogens with one attached hydrogen (secondary N) is 1. The molecule has 21 heavy (non-hydrogen) atoms. The predicted octanol–water partition coefficient (Wildman–Crippen LogP) is 3.74. The summed E-state index contributed by atoms with van der Waals surface area (Å²) in [5.41, 5.74) is 0.435. The first-order valence-corrected chi connectivity index (χ1v) is 7.92. The molecular weight excluding hydrogens is 270 g/mol. The van der Waals surface area contributed by atoms with Gasteiger partial charge in [0, 0.05) is 17.6 Å². The van der Waals surface area contributed by atoms with Gasteiger partial charge in [-0.3, -0.25) is 0 Å². The van der Waals surface area contributed by atoms with Crippen LogP contribution in [-0.2, 0) is 0 Å². The van der Waals surface area contributed by atoms with Gasteiger partial charge in [0.1, 0.15) is 0 Å². The van der Waals surface area contributed by atoms with Gasteiger partial charge in [-0.05, 0) is 58.3 Å². The molecule has 0 heterocycles. The van der Waals surface area contributed by atoms with Crippen LogP contribution in [0.5, 0.6) is 0 Å². The maximum atomic E-state index is 14.0. The second-order valence-corrected chi connectivity index (χ2v) is 6.10. The van der Waals surface area contributed by atoms with Crippen molar-refractivity contribution in [3.8, 4) is 0 Å². The Bertz CT molecular complexity index is 460. The van der Waals surface area contributed by atoms with Crippen molar-refractivity contribution in [3.63, 3.8) is 0 Å². The first-order valence-electron chi connectivity index (χ1n) is 7.92. The van der Waals surface area contributed by atoms with Crippen molar-refractivity contribution in [2.45, 2.75) is 45.2 Å². The largest absolute Gasteiger partial charge is 0.310 e. The molecule has 4 heteroatoms. The molecule has 1 saturated carbocycles. The van der Waals surface area contributed by atoms with Crippen molar-refractivity contribution in [1.82, 2.24) is 10.2 Å². The highest BCUT2D eigenvalue weighted by Crippen LogP contribution is 2.35. The highest BCUT2D eigenvalue weighted by Gasteiger charge is 2.30. The Balaban J connectivity index is 1.99. The topological polar surface area (TPSA) is 15.3 Å². The van der Waals surface area contributed by atoms with Gasteiger partial charge in [-0.25, -0.2) is 8.78 Å². The molecule has 1 aliphatic rings. The Kier molecular flexibility index (Phi) is 5.71. The summed E-state index contributed by atoms with van der Waals surface area (Å²) >= 11 is 0. The Labute approximate surface area is 126 Å². The monoisotopic (exact) mass is 296 g/mol. The molecule has 0 saturated heterocycles. The van der Waals surface area contributed by atoms with E-state index in [0.717, 1.165) is 25.4 Å². The van der Waals surface area contributed by atoms with Crippen LogP contribution in [0.1, 0.15) is 44.7 Å². The van der Waals surface area contributed by atoms with E-state index >= 15 is 0 Å². The predicted molar refractivity (Wildman–Crippen MR) is 82.2 cm³/mol. The average Bonchev–Trinajstić information content (AvgIpc) is 3.30. The number of nitrogens with zero attached hydrogens (tertiary/aromatic N) is 1. The summed E-state index contributed by atoms with van der Waals surface area (Å²) < 4.78 is 27.4. The van der Waals surface area contributed by atoms with Crippen LogP contribution < -0.4 is 5.32 Å². The number of hydrogen-bond donors (Lipinski definition) is 1. The minimum atomic E-state index is -0.768. The molecule has 1 aromatic rings. The lowest BCUT2D eigenvalue weighted by Gasteiger charge is -2.27. The fourth-order valence-corrected chi connectivity index (χ4v) is 2.88. The molecule has 2 rings (SSSR count). The fraction of sp³-hybridized carbons (Fsp3) is 0.647. The van der Waals surface area contributed by atoms with Gasteiger partial charge >= 0.3 is 0 Å². The van der Waals surface area contributed by atoms with Crippen molar-refractivity contribution >= 4 is 0 Å². The van der Waals surface area contributed by atoms with Gasteiger partial charge in [0.2, 0.25) is 0 Å². The maximum Gasteiger partial charge on any atom is 0.163 e. The van der Waals surface area contributed by atoms with Crippen molar-refractivity contribution in [3.05, 3.63) is 35.4 Å². The molecular formula is C17H26F2N2. The van der Waals surface area contributed by atoms with E-state index in [9.17, 15) is 8.78 Å². The summed E-state index contributed by atoms with van der Waals surface area (Å²) in [6.07, 6.45) is 3.42. The lowest BCUT2D eigenvalue weighted by molar-refractivity contribution is 0.221. The zero-order valence-electron chi connectivity index (χ0n) is 13.2. The minimum Gasteiger partial charge on any atom is -0.310 e. The summed E-state index contributed by atoms with van der Waals surface area (Å²) in [5, 5.41) is 3.27. The van der Waals surface area contributed by atoms with E-state index < -0.39 is 11.6 Å². The van der Waals surface area contributed by atoms with Gasteiger partial charge in [-0.1, -0.05) is 19.1 Å². The van der Waals surface area contributed by atoms with E-state index in [1.54, 1.807) is 12.1 Å². The van der Waals surface area contributed by atoms with Crippen LogP contribution in [0.2, 0.25) is 0 Å². The molecule has 0 aliphatic heterocycles. The van der Waals surface area contributed by atoms with Crippen LogP contribution in [0.4, 0.5) is 8.78 Å². The summed E-state index contributed by atoms with van der Waals surface area (Å²) in [5.74, 6) is -0.671. The van der Waals surface area contributed by atoms with Crippen molar-refractivity contribution in [1.29, 1.82) is 0 Å². The minimum absolute atomic E-state index is 0.139. The van der Waals surface area contributed by atoms with Crippen molar-refractivity contribution in [2.24, 2.45) is 5.92 Å². The fourth-order valence-electron chi connectivity index (χ4n) is 2.88. The number of halogens is 2. The van der Waals surface area contributed by atoms with E-state index in [0.29, 0.717) is 11.6 Å². The molecule has 0 amide bonds. The van der Waals surface area contributed by atoms with Crippen LogP contribution in [0.15, 0.2) is 18.2 Å². The lowest BCUT2D eigenvalue weighted by Crippen LogP contribution is -2.34. The third-order valence-electron chi connectivity index (χ3n) is 4.58. The standard InChI is InChI=1S/C17H26F2N2/c1-4-20-16(14-6-5-7-15(18)17(14)19)10-11-21(3)12(2)13-8-9-13/h5-7,12-13,16,20H,4,8-11H2,1-3H3. The normalized spacial score (nSPS) is 18.0. The third-order valence-corrected chi connectivity index (χ3v) is 4.58. The van der Waals surface area contributed by atoms with Gasteiger partial charge < -0.3 is 10.2 Å². The lowest BCUT2D eigenvalue weighted by atomic mass is 10.0. The number of hydrogen-bond acceptors (Lipinski definition) is 2. The van der Waals surface area contributed by atoms with Crippen molar-refractivity contribution < 1.29 is 8.78 Å². The molecule has 1 aliphatic carbocycles. The van der Waals surface area contributed by atoms with Crippen LogP contribution in [-0.4, -0.2) is 31.1 Å². The van der Waals surface area contributed by atoms with E-state index in [1.165, 1.54) is 18.9 Å². The smallest absolute Gasteiger partial charge is 0.163 e. The molecule has 1 N–H and O–H groups in total. The Morgan fingerprint density at radius 1 is 1.33 bits per heavy atom. The second kappa shape index (κ2) is 7.32. The molecule has 0 bridgehead atoms. The van der Waals surface area contributed by atoms with E-state index in [-0.39, 0.29) is 6.04 Å². The average molecular weight is 296 g/mol. The van der Waals surface area contributed by atoms with E-state index in [2.05, 4.69) is 24.2 Å². The summed E-state index contributed by atoms with van der Waals surface area (Å²) in [4.78, 5) is 2.33. The number of rotatable bonds is 8. The molecule has 0 radical (unpaired) electrons. The van der Waals surface area contributed by atoms with Crippen LogP contribution >= 0.6 is 0 Å². The Morgan fingerprint density at radius 3 is 2.67 bits per heavy atom. The molecule has 2 unspecified atom stereocenters. The SMILES string of the molecule is CCNC(CCN(C)C(C)C1CC1)c1cccc(F)c1F. The van der Waals surface area contributed by atoms with Crippen LogP contribution in [0.3, 0.4) is 0 Å². The maximum absolute atomic E-state index is 14.0. The van der Waals surface area contributed by atoms with Crippen molar-refractivity contribution in [2.75, 3.05) is 20.1 Å². The zero-order valence-corrected chi connectivity index (χ0v) is 13.2. The quantitative estimate of drug-likeness (QED) is 0.786.